The van der Waals surface area contributed by atoms with Crippen LogP contribution in [-0.2, 0) is 49.3 Å². The number of morpholine rings is 1. The SMILES string of the molecule is Cc1ccc(OC(=O)N2CCc3cc(-c4cc(C(=O)N(c5ccc(OP(=O)(O)O)cc5)c5cnn(C)c5)c(C)n4C)c(C(=O)N4Cc5ccccc5C[C@H]4CN4CCOCC4)cc3C2)cc1. The highest BCUT2D eigenvalue weighted by atomic mass is 31.2. The van der Waals surface area contributed by atoms with Crippen LogP contribution in [0.5, 0.6) is 11.5 Å². The summed E-state index contributed by atoms with van der Waals surface area (Å²) >= 11 is 0. The number of amides is 3. The second-order valence-corrected chi connectivity index (χ2v) is 18.3. The van der Waals surface area contributed by atoms with E-state index >= 15 is 4.79 Å². The highest BCUT2D eigenvalue weighted by Gasteiger charge is 2.36. The Morgan fingerprint density at radius 1 is 0.818 bits per heavy atom. The van der Waals surface area contributed by atoms with Crippen molar-refractivity contribution in [3.8, 4) is 22.8 Å². The lowest BCUT2D eigenvalue weighted by molar-refractivity contribution is 0.0193. The lowest BCUT2D eigenvalue weighted by Gasteiger charge is -2.41. The van der Waals surface area contributed by atoms with Crippen molar-refractivity contribution < 1.29 is 42.7 Å². The van der Waals surface area contributed by atoms with E-state index in [1.807, 2.05) is 72.8 Å². The Bertz CT molecular complexity index is 2850. The lowest BCUT2D eigenvalue weighted by atomic mass is 9.89. The van der Waals surface area contributed by atoms with Crippen LogP contribution in [0.3, 0.4) is 0 Å². The summed E-state index contributed by atoms with van der Waals surface area (Å²) in [6, 6.07) is 27.1. The van der Waals surface area contributed by atoms with Crippen LogP contribution in [0.2, 0.25) is 0 Å². The van der Waals surface area contributed by atoms with Crippen LogP contribution in [0, 0.1) is 13.8 Å². The molecule has 66 heavy (non-hydrogen) atoms. The summed E-state index contributed by atoms with van der Waals surface area (Å²) in [6.45, 7) is 8.40. The van der Waals surface area contributed by atoms with Crippen molar-refractivity contribution in [1.82, 2.24) is 29.0 Å². The zero-order chi connectivity index (χ0) is 46.3. The van der Waals surface area contributed by atoms with Crippen molar-refractivity contribution in [2.24, 2.45) is 14.1 Å². The zero-order valence-corrected chi connectivity index (χ0v) is 38.2. The third-order valence-corrected chi connectivity index (χ3v) is 13.2. The maximum atomic E-state index is 15.6. The third kappa shape index (κ3) is 9.41. The van der Waals surface area contributed by atoms with Crippen molar-refractivity contribution >= 4 is 37.1 Å². The van der Waals surface area contributed by atoms with Crippen molar-refractivity contribution in [2.75, 3.05) is 44.3 Å². The monoisotopic (exact) mass is 913 g/mol. The molecule has 0 saturated carbocycles. The Balaban J connectivity index is 1.12. The number of phosphoric ester groups is 1. The van der Waals surface area contributed by atoms with Gasteiger partial charge in [0, 0.05) is 93.8 Å². The van der Waals surface area contributed by atoms with E-state index < -0.39 is 19.8 Å². The molecule has 17 heteroatoms. The molecule has 2 aromatic heterocycles. The minimum Gasteiger partial charge on any atom is -0.410 e. The number of anilines is 2. The van der Waals surface area contributed by atoms with Gasteiger partial charge >= 0.3 is 13.9 Å². The fourth-order valence-electron chi connectivity index (χ4n) is 9.15. The second kappa shape index (κ2) is 18.4. The molecule has 5 heterocycles. The van der Waals surface area contributed by atoms with Crippen molar-refractivity contribution in [3.63, 3.8) is 0 Å². The molecule has 9 rings (SSSR count). The molecule has 1 atom stereocenters. The molecule has 3 aliphatic rings. The van der Waals surface area contributed by atoms with Gasteiger partial charge in [-0.2, -0.15) is 5.10 Å². The van der Waals surface area contributed by atoms with Gasteiger partial charge in [0.1, 0.15) is 11.5 Å². The Kier molecular flexibility index (Phi) is 12.4. The van der Waals surface area contributed by atoms with Gasteiger partial charge in [-0.3, -0.25) is 33.9 Å². The number of ether oxygens (including phenoxy) is 2. The summed E-state index contributed by atoms with van der Waals surface area (Å²) in [4.78, 5) is 70.4. The molecule has 342 valence electrons. The summed E-state index contributed by atoms with van der Waals surface area (Å²) in [5, 5.41) is 4.32. The third-order valence-electron chi connectivity index (χ3n) is 12.8. The first kappa shape index (κ1) is 44.6. The van der Waals surface area contributed by atoms with E-state index in [1.54, 1.807) is 53.3 Å². The van der Waals surface area contributed by atoms with Crippen LogP contribution < -0.4 is 14.2 Å². The summed E-state index contributed by atoms with van der Waals surface area (Å²) in [5.74, 6) is -0.153. The lowest BCUT2D eigenvalue weighted by Crippen LogP contribution is -2.52. The Morgan fingerprint density at radius 3 is 2.23 bits per heavy atom. The van der Waals surface area contributed by atoms with E-state index in [4.69, 9.17) is 14.0 Å². The van der Waals surface area contributed by atoms with Crippen LogP contribution in [0.15, 0.2) is 103 Å². The summed E-state index contributed by atoms with van der Waals surface area (Å²) in [6.07, 6.45) is 3.99. The number of benzene rings is 4. The number of aryl methyl sites for hydroxylation is 2. The maximum Gasteiger partial charge on any atom is 0.524 e. The molecule has 4 aromatic carbocycles. The van der Waals surface area contributed by atoms with Gasteiger partial charge in [0.15, 0.2) is 0 Å². The fourth-order valence-corrected chi connectivity index (χ4v) is 9.54. The molecule has 1 saturated heterocycles. The first-order chi connectivity index (χ1) is 31.7. The van der Waals surface area contributed by atoms with Crippen LogP contribution in [0.1, 0.15) is 54.2 Å². The quantitative estimate of drug-likeness (QED) is 0.136. The number of nitrogens with zero attached hydrogens (tertiary/aromatic N) is 7. The fraction of sp³-hybridized carbons (Fsp3) is 0.306. The van der Waals surface area contributed by atoms with Gasteiger partial charge < -0.3 is 28.4 Å². The van der Waals surface area contributed by atoms with E-state index in [-0.39, 0.29) is 24.2 Å². The first-order valence-electron chi connectivity index (χ1n) is 21.9. The minimum atomic E-state index is -4.82. The molecule has 0 unspecified atom stereocenters. The molecular formula is C49H52N7O9P. The second-order valence-electron chi connectivity index (χ2n) is 17.2. The Morgan fingerprint density at radius 2 is 1.53 bits per heavy atom. The molecule has 1 fully saturated rings. The van der Waals surface area contributed by atoms with Gasteiger partial charge in [-0.25, -0.2) is 9.36 Å². The average molecular weight is 914 g/mol. The standard InChI is InChI=1S/C49H52N7O9P/c1-32-9-13-41(14-10-32)64-49(59)54-18-17-35-24-44(45(25-37(35)28-54)47(57)55-29-36-8-6-5-7-34(36)23-39(55)31-53-19-21-63-22-20-53)46-26-43(33(2)52(46)4)48(58)56(40-27-50-51(3)30-40)38-11-15-42(16-12-38)65-66(60,61)62/h5-16,24-27,30,39H,17-23,28-29,31H2,1-4H3,(H2,60,61,62)/t39-/m0/s1. The Hall–Kier alpha value is -6.55. The van der Waals surface area contributed by atoms with Crippen molar-refractivity contribution in [3.05, 3.63) is 148 Å². The highest BCUT2D eigenvalue weighted by molar-refractivity contribution is 7.46. The number of phosphoric acid groups is 1. The predicted octanol–water partition coefficient (Wildman–Crippen LogP) is 6.95. The van der Waals surface area contributed by atoms with Crippen molar-refractivity contribution in [1.29, 1.82) is 0 Å². The number of hydrogen-bond acceptors (Lipinski definition) is 9. The summed E-state index contributed by atoms with van der Waals surface area (Å²) in [7, 11) is -1.20. The molecule has 6 aromatic rings. The summed E-state index contributed by atoms with van der Waals surface area (Å²) < 4.78 is 31.3. The number of rotatable bonds is 10. The maximum absolute atomic E-state index is 15.6. The van der Waals surface area contributed by atoms with E-state index in [2.05, 4.69) is 22.1 Å². The number of carbonyl (C=O) groups excluding carboxylic acids is 3. The summed E-state index contributed by atoms with van der Waals surface area (Å²) in [5.41, 5.74) is 8.83. The largest absolute Gasteiger partial charge is 0.524 e. The average Bonchev–Trinajstić information content (AvgIpc) is 3.87. The van der Waals surface area contributed by atoms with Crippen LogP contribution in [0.25, 0.3) is 11.3 Å². The van der Waals surface area contributed by atoms with Crippen LogP contribution in [0.4, 0.5) is 16.2 Å². The van der Waals surface area contributed by atoms with E-state index in [9.17, 15) is 23.9 Å². The molecular weight excluding hydrogens is 862 g/mol. The minimum absolute atomic E-state index is 0.0656. The zero-order valence-electron chi connectivity index (χ0n) is 37.3. The van der Waals surface area contributed by atoms with Crippen LogP contribution >= 0.6 is 7.82 Å². The number of fused-ring (bicyclic) bond motifs is 2. The number of carbonyl (C=O) groups is 3. The molecule has 0 aliphatic carbocycles. The topological polar surface area (TPSA) is 172 Å². The molecule has 3 aliphatic heterocycles. The van der Waals surface area contributed by atoms with Gasteiger partial charge in [-0.05, 0) is 104 Å². The predicted molar refractivity (Wildman–Crippen MR) is 247 cm³/mol. The molecule has 3 amide bonds. The molecule has 0 bridgehead atoms. The van der Waals surface area contributed by atoms with Gasteiger partial charge in [-0.15, -0.1) is 0 Å². The molecule has 2 N–H and O–H groups in total. The van der Waals surface area contributed by atoms with Crippen molar-refractivity contribution in [2.45, 2.75) is 45.8 Å². The van der Waals surface area contributed by atoms with Gasteiger partial charge in [0.2, 0.25) is 0 Å². The normalized spacial score (nSPS) is 16.4. The van der Waals surface area contributed by atoms with Crippen LogP contribution in [-0.4, -0.2) is 102 Å². The molecule has 0 radical (unpaired) electrons. The van der Waals surface area contributed by atoms with Gasteiger partial charge in [-0.1, -0.05) is 42.0 Å². The smallest absolute Gasteiger partial charge is 0.410 e. The molecule has 0 spiro atoms. The first-order valence-corrected chi connectivity index (χ1v) is 23.4. The Labute approximate surface area is 382 Å². The van der Waals surface area contributed by atoms with Gasteiger partial charge in [0.05, 0.1) is 30.7 Å². The number of aromatic nitrogens is 3. The van der Waals surface area contributed by atoms with E-state index in [0.29, 0.717) is 90.9 Å². The molecule has 16 nitrogen and oxygen atoms in total. The van der Waals surface area contributed by atoms with E-state index in [0.717, 1.165) is 35.3 Å². The van der Waals surface area contributed by atoms with E-state index in [1.165, 1.54) is 22.6 Å². The van der Waals surface area contributed by atoms with Gasteiger partial charge in [0.25, 0.3) is 11.8 Å². The number of hydrogen-bond donors (Lipinski definition) is 2. The highest BCUT2D eigenvalue weighted by Crippen LogP contribution is 2.40.